The number of hydrogen-bond acceptors (Lipinski definition) is 16. The Balaban J connectivity index is 1.17. The van der Waals surface area contributed by atoms with Crippen LogP contribution in [0, 0.1) is 0 Å². The molecule has 0 saturated carbocycles. The maximum absolute atomic E-state index is 13.2. The highest BCUT2D eigenvalue weighted by Crippen LogP contribution is 2.50. The lowest BCUT2D eigenvalue weighted by atomic mass is 10.1. The summed E-state index contributed by atoms with van der Waals surface area (Å²) in [5.74, 6) is -0.0596. The molecule has 21 heteroatoms. The molecule has 2 bridgehead atoms. The summed E-state index contributed by atoms with van der Waals surface area (Å²) in [6.07, 6.45) is -6.90. The van der Waals surface area contributed by atoms with Crippen LogP contribution in [-0.2, 0) is 28.0 Å². The molecule has 0 radical (unpaired) electrons. The first-order chi connectivity index (χ1) is 20.1. The number of aliphatic hydroxyl groups is 2. The third-order valence-electron chi connectivity index (χ3n) is 7.27. The molecule has 3 aliphatic rings. The molecule has 42 heavy (non-hydrogen) atoms. The van der Waals surface area contributed by atoms with Crippen LogP contribution in [0.4, 0.5) is 11.8 Å². The van der Waals surface area contributed by atoms with Crippen molar-refractivity contribution in [2.75, 3.05) is 24.4 Å². The van der Waals surface area contributed by atoms with Crippen LogP contribution in [0.5, 0.6) is 0 Å². The molecular weight excluding hydrogens is 583 g/mol. The number of nitrogens with zero attached hydrogens (tertiary/aromatic N) is 7. The minimum absolute atomic E-state index is 0.0171. The summed E-state index contributed by atoms with van der Waals surface area (Å²) in [5, 5.41) is 22.2. The molecule has 9 atom stereocenters. The van der Waals surface area contributed by atoms with Gasteiger partial charge in [0.05, 0.1) is 18.8 Å². The van der Waals surface area contributed by atoms with Crippen molar-refractivity contribution in [3.05, 3.63) is 29.3 Å². The van der Waals surface area contributed by atoms with Gasteiger partial charge in [-0.3, -0.25) is 28.0 Å². The third kappa shape index (κ3) is 4.44. The van der Waals surface area contributed by atoms with Crippen molar-refractivity contribution in [1.82, 2.24) is 39.0 Å². The lowest BCUT2D eigenvalue weighted by Crippen LogP contribution is -2.39. The molecule has 224 valence electrons. The molecule has 7 heterocycles. The maximum atomic E-state index is 13.2. The molecule has 8 N–H and O–H groups in total. The maximum Gasteiger partial charge on any atom is 0.354 e. The third-order valence-corrected chi connectivity index (χ3v) is 8.32. The van der Waals surface area contributed by atoms with Gasteiger partial charge >= 0.3 is 7.60 Å². The average Bonchev–Trinajstić information content (AvgIpc) is 3.69. The molecule has 0 spiro atoms. The summed E-state index contributed by atoms with van der Waals surface area (Å²) >= 11 is 0. The largest absolute Gasteiger partial charge is 0.387 e. The van der Waals surface area contributed by atoms with E-state index in [0.717, 1.165) is 0 Å². The van der Waals surface area contributed by atoms with E-state index >= 15 is 0 Å². The molecule has 7 rings (SSSR count). The number of rotatable bonds is 2. The zero-order chi connectivity index (χ0) is 29.3. The lowest BCUT2D eigenvalue weighted by molar-refractivity contribution is -0.180. The molecule has 0 aromatic carbocycles. The molecule has 4 aromatic heterocycles. The van der Waals surface area contributed by atoms with E-state index in [1.807, 2.05) is 0 Å². The molecule has 9 unspecified atom stereocenters. The highest BCUT2D eigenvalue weighted by molar-refractivity contribution is 7.52. The lowest BCUT2D eigenvalue weighted by Gasteiger charge is -2.27. The fourth-order valence-corrected chi connectivity index (χ4v) is 6.35. The number of imidazole rings is 2. The van der Waals surface area contributed by atoms with Crippen molar-refractivity contribution in [2.24, 2.45) is 0 Å². The van der Waals surface area contributed by atoms with E-state index in [0.29, 0.717) is 5.52 Å². The van der Waals surface area contributed by atoms with Crippen LogP contribution in [0.25, 0.3) is 22.3 Å². The van der Waals surface area contributed by atoms with Crippen LogP contribution in [0.15, 0.2) is 23.8 Å². The molecule has 0 aliphatic carbocycles. The Morgan fingerprint density at radius 2 is 1.71 bits per heavy atom. The minimum Gasteiger partial charge on any atom is -0.387 e. The van der Waals surface area contributed by atoms with Gasteiger partial charge in [-0.2, -0.15) is 4.98 Å². The fraction of sp³-hybridized carbons (Fsp3) is 0.524. The van der Waals surface area contributed by atoms with Crippen LogP contribution >= 0.6 is 7.60 Å². The van der Waals surface area contributed by atoms with Crippen LogP contribution in [0.2, 0.25) is 0 Å². The Labute approximate surface area is 233 Å². The number of aliphatic hydroxyl groups excluding tert-OH is 2. The summed E-state index contributed by atoms with van der Waals surface area (Å²) in [5.41, 5.74) is 11.5. The first-order valence-electron chi connectivity index (χ1n) is 12.7. The first kappa shape index (κ1) is 27.3. The molecule has 3 saturated heterocycles. The standard InChI is InChI=1S/C21H25N10O10P/c22-14-8-15(25-3-24-14)30(4-26-8)18-11(33)13-20(40-18)38-6-42(35,36)41-12-10(32)7(1-2-37-13)39-19(12)31-5-27-9-16(31)28-21(23)29-17(9)34/h3-5,7,10-13,18-20,32-33H,1-2,6H2,(H,35,36)(H2,22,24,25)(H3,23,28,29,34). The summed E-state index contributed by atoms with van der Waals surface area (Å²) in [6, 6.07) is 0. The average molecular weight is 608 g/mol. The first-order valence-corrected chi connectivity index (χ1v) is 14.4. The normalized spacial score (nSPS) is 35.7. The number of fused-ring (bicyclic) bond motifs is 5. The highest BCUT2D eigenvalue weighted by Gasteiger charge is 2.52. The zero-order valence-corrected chi connectivity index (χ0v) is 22.3. The van der Waals surface area contributed by atoms with Crippen LogP contribution in [0.1, 0.15) is 18.9 Å². The zero-order valence-electron chi connectivity index (χ0n) is 21.4. The van der Waals surface area contributed by atoms with Gasteiger partial charge in [0.15, 0.2) is 47.7 Å². The number of nitrogen functional groups attached to an aromatic ring is 2. The number of H-pyrrole nitrogens is 1. The Morgan fingerprint density at radius 1 is 0.952 bits per heavy atom. The Morgan fingerprint density at radius 3 is 2.52 bits per heavy atom. The molecule has 20 nitrogen and oxygen atoms in total. The number of aromatic amines is 1. The van der Waals surface area contributed by atoms with Crippen molar-refractivity contribution in [1.29, 1.82) is 0 Å². The SMILES string of the molecule is Nc1nc2c(ncn2C2OC3CCOC4C(OCP(=O)(O)OC2C3O)OC(n2cnc3c(N)ncnc32)C4O)c(=O)[nH]1. The van der Waals surface area contributed by atoms with E-state index in [2.05, 4.69) is 29.9 Å². The van der Waals surface area contributed by atoms with Crippen LogP contribution in [0.3, 0.4) is 0 Å². The van der Waals surface area contributed by atoms with Gasteiger partial charge in [0.25, 0.3) is 5.56 Å². The molecule has 4 aromatic rings. The summed E-state index contributed by atoms with van der Waals surface area (Å²) in [4.78, 5) is 45.7. The van der Waals surface area contributed by atoms with E-state index in [1.165, 1.54) is 28.1 Å². The van der Waals surface area contributed by atoms with Crippen molar-refractivity contribution < 1.29 is 43.1 Å². The second-order valence-electron chi connectivity index (χ2n) is 9.93. The van der Waals surface area contributed by atoms with Crippen LogP contribution in [-0.4, -0.2) is 104 Å². The number of aromatic nitrogens is 8. The smallest absolute Gasteiger partial charge is 0.354 e. The van der Waals surface area contributed by atoms with Gasteiger partial charge in [-0.1, -0.05) is 0 Å². The predicted octanol–water partition coefficient (Wildman–Crippen LogP) is -2.07. The van der Waals surface area contributed by atoms with Gasteiger partial charge in [0.2, 0.25) is 5.95 Å². The number of nitrogens with two attached hydrogens (primary N) is 2. The fourth-order valence-electron chi connectivity index (χ4n) is 5.35. The van der Waals surface area contributed by atoms with E-state index < -0.39 is 68.8 Å². The number of hydrogen-bond donors (Lipinski definition) is 6. The Hall–Kier alpha value is -3.59. The van der Waals surface area contributed by atoms with Crippen molar-refractivity contribution in [3.63, 3.8) is 0 Å². The van der Waals surface area contributed by atoms with Crippen molar-refractivity contribution in [3.8, 4) is 0 Å². The second-order valence-corrected chi connectivity index (χ2v) is 11.7. The second kappa shape index (κ2) is 10.0. The summed E-state index contributed by atoms with van der Waals surface area (Å²) in [7, 11) is -4.62. The topological polar surface area (TPSA) is 283 Å². The molecule has 3 aliphatic heterocycles. The van der Waals surface area contributed by atoms with Crippen molar-refractivity contribution in [2.45, 2.75) is 55.7 Å². The van der Waals surface area contributed by atoms with Gasteiger partial charge in [-0.15, -0.1) is 0 Å². The van der Waals surface area contributed by atoms with Crippen molar-refractivity contribution >= 4 is 41.7 Å². The van der Waals surface area contributed by atoms with Gasteiger partial charge in [0.1, 0.15) is 36.3 Å². The predicted molar refractivity (Wildman–Crippen MR) is 137 cm³/mol. The summed E-state index contributed by atoms with van der Waals surface area (Å²) < 4.78 is 44.9. The van der Waals surface area contributed by atoms with Gasteiger partial charge in [0, 0.05) is 6.61 Å². The van der Waals surface area contributed by atoms with Crippen LogP contribution < -0.4 is 17.0 Å². The minimum atomic E-state index is -4.62. The van der Waals surface area contributed by atoms with Gasteiger partial charge in [-0.25, -0.2) is 19.9 Å². The van der Waals surface area contributed by atoms with E-state index in [-0.39, 0.29) is 41.6 Å². The van der Waals surface area contributed by atoms with E-state index in [1.54, 1.807) is 0 Å². The highest BCUT2D eigenvalue weighted by atomic mass is 31.2. The molecule has 0 amide bonds. The monoisotopic (exact) mass is 608 g/mol. The quantitative estimate of drug-likeness (QED) is 0.133. The van der Waals surface area contributed by atoms with Gasteiger partial charge < -0.3 is 45.5 Å². The Bertz CT molecular complexity index is 1760. The number of anilines is 2. The molecule has 3 fully saturated rings. The number of ether oxygens (including phenoxy) is 4. The summed E-state index contributed by atoms with van der Waals surface area (Å²) in [6.45, 7) is -0.0506. The molecular formula is C21H25N10O10P. The van der Waals surface area contributed by atoms with Gasteiger partial charge in [-0.05, 0) is 6.42 Å². The van der Waals surface area contributed by atoms with E-state index in [9.17, 15) is 24.5 Å². The Kier molecular flexibility index (Phi) is 6.49. The van der Waals surface area contributed by atoms with E-state index in [4.69, 9.17) is 34.9 Å². The number of nitrogens with one attached hydrogen (secondary N) is 1.